The van der Waals surface area contributed by atoms with Crippen LogP contribution in [0.15, 0.2) is 0 Å². The van der Waals surface area contributed by atoms with Gasteiger partial charge < -0.3 is 10.2 Å². The van der Waals surface area contributed by atoms with E-state index >= 15 is 0 Å². The molecule has 0 spiro atoms. The molecule has 0 bridgehead atoms. The Morgan fingerprint density at radius 2 is 1.78 bits per heavy atom. The molecule has 1 aliphatic rings. The van der Waals surface area contributed by atoms with Crippen LogP contribution in [0.25, 0.3) is 0 Å². The fourth-order valence-electron chi connectivity index (χ4n) is 1.33. The normalized spacial score (nSPS) is 45.0. The van der Waals surface area contributed by atoms with Crippen molar-refractivity contribution in [2.24, 2.45) is 5.92 Å². The molecule has 1 rings (SSSR count). The molecule has 0 amide bonds. The van der Waals surface area contributed by atoms with Crippen LogP contribution in [-0.4, -0.2) is 22.4 Å². The Bertz CT molecular complexity index is 92.9. The quantitative estimate of drug-likeness (QED) is 0.502. The molecule has 1 aliphatic carbocycles. The minimum absolute atomic E-state index is 0.457. The highest BCUT2D eigenvalue weighted by atomic mass is 16.3. The molecule has 2 nitrogen and oxygen atoms in total. The maximum atomic E-state index is 9.10. The van der Waals surface area contributed by atoms with Crippen molar-refractivity contribution in [2.75, 3.05) is 0 Å². The standard InChI is InChI=1S/C7H14O2/c1-5-2-3-6(8)7(9)4-5/h5-9H,2-4H2,1H3/t5-,6?,7?/m1/s1. The maximum absolute atomic E-state index is 9.10. The smallest absolute Gasteiger partial charge is 0.0801 e. The van der Waals surface area contributed by atoms with Crippen molar-refractivity contribution < 1.29 is 10.2 Å². The van der Waals surface area contributed by atoms with Gasteiger partial charge in [-0.05, 0) is 25.2 Å². The molecule has 54 valence electrons. The molecule has 0 heterocycles. The Morgan fingerprint density at radius 3 is 2.22 bits per heavy atom. The molecule has 9 heavy (non-hydrogen) atoms. The third-order valence-corrected chi connectivity index (χ3v) is 2.04. The first-order valence-electron chi connectivity index (χ1n) is 3.56. The van der Waals surface area contributed by atoms with Crippen LogP contribution < -0.4 is 0 Å². The number of rotatable bonds is 0. The molecule has 0 aromatic heterocycles. The van der Waals surface area contributed by atoms with Gasteiger partial charge in [-0.2, -0.15) is 0 Å². The van der Waals surface area contributed by atoms with E-state index in [1.807, 2.05) is 0 Å². The molecular weight excluding hydrogens is 116 g/mol. The Morgan fingerprint density at radius 1 is 1.11 bits per heavy atom. The van der Waals surface area contributed by atoms with E-state index in [2.05, 4.69) is 6.92 Å². The minimum Gasteiger partial charge on any atom is -0.390 e. The summed E-state index contributed by atoms with van der Waals surface area (Å²) in [4.78, 5) is 0. The summed E-state index contributed by atoms with van der Waals surface area (Å²) in [6.45, 7) is 2.11. The predicted octanol–water partition coefficient (Wildman–Crippen LogP) is 0.528. The summed E-state index contributed by atoms with van der Waals surface area (Å²) in [7, 11) is 0. The Labute approximate surface area is 55.5 Å². The van der Waals surface area contributed by atoms with E-state index in [0.717, 1.165) is 19.3 Å². The van der Waals surface area contributed by atoms with Gasteiger partial charge in [0.25, 0.3) is 0 Å². The lowest BCUT2D eigenvalue weighted by Crippen LogP contribution is -2.32. The fourth-order valence-corrected chi connectivity index (χ4v) is 1.33. The first-order valence-corrected chi connectivity index (χ1v) is 3.56. The van der Waals surface area contributed by atoms with Crippen LogP contribution in [0, 0.1) is 5.92 Å². The van der Waals surface area contributed by atoms with Gasteiger partial charge in [-0.15, -0.1) is 0 Å². The molecule has 0 aliphatic heterocycles. The monoisotopic (exact) mass is 130 g/mol. The van der Waals surface area contributed by atoms with Crippen LogP contribution in [0.1, 0.15) is 26.2 Å². The largest absolute Gasteiger partial charge is 0.390 e. The lowest BCUT2D eigenvalue weighted by atomic mass is 9.87. The second-order valence-electron chi connectivity index (χ2n) is 3.05. The van der Waals surface area contributed by atoms with Crippen molar-refractivity contribution in [3.05, 3.63) is 0 Å². The van der Waals surface area contributed by atoms with Crippen LogP contribution in [0.3, 0.4) is 0 Å². The van der Waals surface area contributed by atoms with E-state index in [1.54, 1.807) is 0 Å². The summed E-state index contributed by atoms with van der Waals surface area (Å²) in [6.07, 6.45) is 1.66. The highest BCUT2D eigenvalue weighted by Gasteiger charge is 2.24. The second kappa shape index (κ2) is 2.67. The molecule has 2 unspecified atom stereocenters. The fraction of sp³-hybridized carbons (Fsp3) is 1.00. The average molecular weight is 130 g/mol. The number of aliphatic hydroxyl groups excluding tert-OH is 2. The van der Waals surface area contributed by atoms with Gasteiger partial charge in [-0.25, -0.2) is 0 Å². The first kappa shape index (κ1) is 7.03. The molecule has 0 aromatic rings. The van der Waals surface area contributed by atoms with Crippen molar-refractivity contribution in [2.45, 2.75) is 38.4 Å². The second-order valence-corrected chi connectivity index (χ2v) is 3.05. The zero-order chi connectivity index (χ0) is 6.85. The van der Waals surface area contributed by atoms with Crippen LogP contribution in [0.4, 0.5) is 0 Å². The van der Waals surface area contributed by atoms with E-state index < -0.39 is 12.2 Å². The SMILES string of the molecule is C[C@@H]1CCC(O)C(O)C1. The van der Waals surface area contributed by atoms with Crippen molar-refractivity contribution in [3.63, 3.8) is 0 Å². The van der Waals surface area contributed by atoms with E-state index in [4.69, 9.17) is 10.2 Å². The van der Waals surface area contributed by atoms with Crippen molar-refractivity contribution >= 4 is 0 Å². The van der Waals surface area contributed by atoms with E-state index in [-0.39, 0.29) is 0 Å². The summed E-state index contributed by atoms with van der Waals surface area (Å²) in [5.74, 6) is 0.586. The third-order valence-electron chi connectivity index (χ3n) is 2.04. The average Bonchev–Trinajstić information content (AvgIpc) is 1.80. The molecule has 2 N–H and O–H groups in total. The van der Waals surface area contributed by atoms with Gasteiger partial charge >= 0.3 is 0 Å². The third kappa shape index (κ3) is 1.66. The Kier molecular flexibility index (Phi) is 2.09. The number of hydrogen-bond acceptors (Lipinski definition) is 2. The lowest BCUT2D eigenvalue weighted by Gasteiger charge is -2.27. The van der Waals surface area contributed by atoms with E-state index in [0.29, 0.717) is 5.92 Å². The summed E-state index contributed by atoms with van der Waals surface area (Å²) >= 11 is 0. The molecule has 3 atom stereocenters. The van der Waals surface area contributed by atoms with Gasteiger partial charge in [0, 0.05) is 0 Å². The first-order chi connectivity index (χ1) is 4.20. The minimum atomic E-state index is -0.464. The molecule has 1 fully saturated rings. The van der Waals surface area contributed by atoms with Crippen LogP contribution in [-0.2, 0) is 0 Å². The lowest BCUT2D eigenvalue weighted by molar-refractivity contribution is -0.0226. The van der Waals surface area contributed by atoms with E-state index in [9.17, 15) is 0 Å². The molecular formula is C7H14O2. The molecule has 1 saturated carbocycles. The molecule has 0 aromatic carbocycles. The van der Waals surface area contributed by atoms with Gasteiger partial charge in [0.05, 0.1) is 12.2 Å². The van der Waals surface area contributed by atoms with E-state index in [1.165, 1.54) is 0 Å². The summed E-state index contributed by atoms with van der Waals surface area (Å²) in [5, 5.41) is 18.1. The summed E-state index contributed by atoms with van der Waals surface area (Å²) in [5.41, 5.74) is 0. The zero-order valence-corrected chi connectivity index (χ0v) is 5.75. The molecule has 2 heteroatoms. The topological polar surface area (TPSA) is 40.5 Å². The summed E-state index contributed by atoms with van der Waals surface area (Å²) < 4.78 is 0. The number of hydrogen-bond donors (Lipinski definition) is 2. The predicted molar refractivity (Wildman–Crippen MR) is 35.0 cm³/mol. The van der Waals surface area contributed by atoms with Crippen LogP contribution >= 0.6 is 0 Å². The number of aliphatic hydroxyl groups is 2. The van der Waals surface area contributed by atoms with Gasteiger partial charge in [0.2, 0.25) is 0 Å². The van der Waals surface area contributed by atoms with Gasteiger partial charge in [0.1, 0.15) is 0 Å². The van der Waals surface area contributed by atoms with Gasteiger partial charge in [-0.3, -0.25) is 0 Å². The summed E-state index contributed by atoms with van der Waals surface area (Å²) in [6, 6.07) is 0. The Balaban J connectivity index is 2.35. The highest BCUT2D eigenvalue weighted by Crippen LogP contribution is 2.23. The molecule has 0 saturated heterocycles. The van der Waals surface area contributed by atoms with Crippen molar-refractivity contribution in [3.8, 4) is 0 Å². The Hall–Kier alpha value is -0.0800. The van der Waals surface area contributed by atoms with Gasteiger partial charge in [-0.1, -0.05) is 6.92 Å². The highest BCUT2D eigenvalue weighted by molar-refractivity contribution is 4.76. The van der Waals surface area contributed by atoms with Crippen LogP contribution in [0.2, 0.25) is 0 Å². The van der Waals surface area contributed by atoms with Crippen molar-refractivity contribution in [1.82, 2.24) is 0 Å². The molecule has 0 radical (unpaired) electrons. The van der Waals surface area contributed by atoms with Crippen LogP contribution in [0.5, 0.6) is 0 Å². The zero-order valence-electron chi connectivity index (χ0n) is 5.75. The maximum Gasteiger partial charge on any atom is 0.0801 e. The van der Waals surface area contributed by atoms with Gasteiger partial charge in [0.15, 0.2) is 0 Å². The van der Waals surface area contributed by atoms with Crippen molar-refractivity contribution in [1.29, 1.82) is 0 Å².